The topological polar surface area (TPSA) is 20.2 Å². The fourth-order valence-electron chi connectivity index (χ4n) is 0.517. The van der Waals surface area contributed by atoms with E-state index in [0.29, 0.717) is 0 Å². The Morgan fingerprint density at radius 2 is 2.12 bits per heavy atom. The smallest absolute Gasteiger partial charge is 0.0637 e. The average molecular weight is 181 g/mol. The molecule has 50 valence electrons. The van der Waals surface area contributed by atoms with Crippen LogP contribution < -0.4 is 0 Å². The molecule has 0 spiro atoms. The van der Waals surface area contributed by atoms with Gasteiger partial charge in [-0.05, 0) is 13.3 Å². The summed E-state index contributed by atoms with van der Waals surface area (Å²) in [6.07, 6.45) is 1.97. The van der Waals surface area contributed by atoms with Crippen LogP contribution in [0.4, 0.5) is 0 Å². The maximum absolute atomic E-state index is 8.91. The van der Waals surface area contributed by atoms with Gasteiger partial charge < -0.3 is 5.11 Å². The summed E-state index contributed by atoms with van der Waals surface area (Å²) >= 11 is 3.35. The predicted molar refractivity (Wildman–Crippen MR) is 39.3 cm³/mol. The van der Waals surface area contributed by atoms with E-state index in [1.165, 1.54) is 0 Å². The summed E-state index contributed by atoms with van der Waals surface area (Å²) in [5.74, 6) is 0. The molecule has 0 aromatic carbocycles. The lowest BCUT2D eigenvalue weighted by Gasteiger charge is -2.09. The molecule has 0 aliphatic rings. The SMILES string of the molecule is CCCC(Br)C(C)O. The van der Waals surface area contributed by atoms with Crippen molar-refractivity contribution in [2.45, 2.75) is 37.6 Å². The molecular formula is C6H13BrO. The minimum Gasteiger partial charge on any atom is -0.392 e. The molecule has 0 rings (SSSR count). The second-order valence-corrected chi connectivity index (χ2v) is 3.22. The van der Waals surface area contributed by atoms with E-state index in [4.69, 9.17) is 5.11 Å². The van der Waals surface area contributed by atoms with Crippen LogP contribution in [0.25, 0.3) is 0 Å². The number of alkyl halides is 1. The van der Waals surface area contributed by atoms with Crippen LogP contribution in [0.2, 0.25) is 0 Å². The largest absolute Gasteiger partial charge is 0.392 e. The van der Waals surface area contributed by atoms with Gasteiger partial charge in [0.1, 0.15) is 0 Å². The third-order valence-corrected chi connectivity index (χ3v) is 2.31. The molecule has 1 N–H and O–H groups in total. The predicted octanol–water partition coefficient (Wildman–Crippen LogP) is 1.93. The molecule has 2 atom stereocenters. The van der Waals surface area contributed by atoms with E-state index in [-0.39, 0.29) is 10.9 Å². The summed E-state index contributed by atoms with van der Waals surface area (Å²) < 4.78 is 0. The highest BCUT2D eigenvalue weighted by Crippen LogP contribution is 2.11. The third kappa shape index (κ3) is 3.44. The quantitative estimate of drug-likeness (QED) is 0.659. The van der Waals surface area contributed by atoms with Crippen molar-refractivity contribution < 1.29 is 5.11 Å². The van der Waals surface area contributed by atoms with Gasteiger partial charge in [0.05, 0.1) is 6.10 Å². The molecule has 0 radical (unpaired) electrons. The Labute approximate surface area is 59.2 Å². The fraction of sp³-hybridized carbons (Fsp3) is 1.00. The number of halogens is 1. The van der Waals surface area contributed by atoms with Crippen LogP contribution in [0.5, 0.6) is 0 Å². The lowest BCUT2D eigenvalue weighted by atomic mass is 10.2. The maximum atomic E-state index is 8.91. The molecule has 8 heavy (non-hydrogen) atoms. The van der Waals surface area contributed by atoms with Crippen LogP contribution in [-0.4, -0.2) is 16.0 Å². The summed E-state index contributed by atoms with van der Waals surface area (Å²) in [7, 11) is 0. The van der Waals surface area contributed by atoms with Gasteiger partial charge >= 0.3 is 0 Å². The van der Waals surface area contributed by atoms with E-state index in [1.807, 2.05) is 0 Å². The molecule has 0 aromatic rings. The Morgan fingerprint density at radius 1 is 1.62 bits per heavy atom. The molecular weight excluding hydrogens is 168 g/mol. The van der Waals surface area contributed by atoms with Gasteiger partial charge in [0.2, 0.25) is 0 Å². The zero-order valence-electron chi connectivity index (χ0n) is 5.39. The van der Waals surface area contributed by atoms with Crippen molar-refractivity contribution in [2.75, 3.05) is 0 Å². The zero-order valence-corrected chi connectivity index (χ0v) is 6.98. The molecule has 0 fully saturated rings. The third-order valence-electron chi connectivity index (χ3n) is 1.09. The van der Waals surface area contributed by atoms with Crippen LogP contribution in [0, 0.1) is 0 Å². The monoisotopic (exact) mass is 180 g/mol. The first-order chi connectivity index (χ1) is 3.68. The molecule has 0 bridgehead atoms. The molecule has 0 saturated carbocycles. The Kier molecular flexibility index (Phi) is 4.57. The van der Waals surface area contributed by atoms with Gasteiger partial charge in [-0.1, -0.05) is 29.3 Å². The summed E-state index contributed by atoms with van der Waals surface area (Å²) in [5, 5.41) is 8.91. The van der Waals surface area contributed by atoms with Crippen molar-refractivity contribution in [1.29, 1.82) is 0 Å². The highest BCUT2D eigenvalue weighted by Gasteiger charge is 2.07. The zero-order chi connectivity index (χ0) is 6.57. The second-order valence-electron chi connectivity index (χ2n) is 2.05. The first-order valence-electron chi connectivity index (χ1n) is 3.00. The van der Waals surface area contributed by atoms with Gasteiger partial charge in [0.15, 0.2) is 0 Å². The average Bonchev–Trinajstić information content (AvgIpc) is 1.67. The van der Waals surface area contributed by atoms with E-state index in [2.05, 4.69) is 22.9 Å². The van der Waals surface area contributed by atoms with E-state index in [0.717, 1.165) is 12.8 Å². The molecule has 0 aromatic heterocycles. The van der Waals surface area contributed by atoms with Crippen LogP contribution >= 0.6 is 15.9 Å². The molecule has 1 nitrogen and oxygen atoms in total. The van der Waals surface area contributed by atoms with E-state index in [9.17, 15) is 0 Å². The van der Waals surface area contributed by atoms with Crippen LogP contribution in [-0.2, 0) is 0 Å². The van der Waals surface area contributed by atoms with Gasteiger partial charge in [-0.25, -0.2) is 0 Å². The molecule has 0 aliphatic carbocycles. The van der Waals surface area contributed by atoms with Crippen molar-refractivity contribution in [3.05, 3.63) is 0 Å². The van der Waals surface area contributed by atoms with Gasteiger partial charge in [0.25, 0.3) is 0 Å². The van der Waals surface area contributed by atoms with E-state index in [1.54, 1.807) is 6.92 Å². The minimum atomic E-state index is -0.213. The molecule has 0 amide bonds. The van der Waals surface area contributed by atoms with Crippen molar-refractivity contribution in [1.82, 2.24) is 0 Å². The van der Waals surface area contributed by atoms with Gasteiger partial charge in [-0.15, -0.1) is 0 Å². The maximum Gasteiger partial charge on any atom is 0.0637 e. The number of aliphatic hydroxyl groups excluding tert-OH is 1. The Bertz CT molecular complexity index is 54.5. The summed E-state index contributed by atoms with van der Waals surface area (Å²) in [6, 6.07) is 0. The van der Waals surface area contributed by atoms with E-state index < -0.39 is 0 Å². The van der Waals surface area contributed by atoms with Crippen LogP contribution in [0.1, 0.15) is 26.7 Å². The normalized spacial score (nSPS) is 18.0. The first-order valence-corrected chi connectivity index (χ1v) is 3.92. The summed E-state index contributed by atoms with van der Waals surface area (Å²) in [5.41, 5.74) is 0. The van der Waals surface area contributed by atoms with Crippen molar-refractivity contribution in [3.63, 3.8) is 0 Å². The Hall–Kier alpha value is 0.440. The van der Waals surface area contributed by atoms with Crippen LogP contribution in [0.15, 0.2) is 0 Å². The number of hydrogen-bond donors (Lipinski definition) is 1. The summed E-state index contributed by atoms with van der Waals surface area (Å²) in [6.45, 7) is 3.91. The molecule has 0 aliphatic heterocycles. The highest BCUT2D eigenvalue weighted by atomic mass is 79.9. The number of rotatable bonds is 3. The van der Waals surface area contributed by atoms with Gasteiger partial charge in [-0.2, -0.15) is 0 Å². The van der Waals surface area contributed by atoms with Crippen LogP contribution in [0.3, 0.4) is 0 Å². The Morgan fingerprint density at radius 3 is 2.25 bits per heavy atom. The lowest BCUT2D eigenvalue weighted by Crippen LogP contribution is -2.14. The second kappa shape index (κ2) is 4.33. The fourth-order valence-corrected chi connectivity index (χ4v) is 0.975. The van der Waals surface area contributed by atoms with Crippen molar-refractivity contribution in [3.8, 4) is 0 Å². The number of aliphatic hydroxyl groups is 1. The highest BCUT2D eigenvalue weighted by molar-refractivity contribution is 9.09. The summed E-state index contributed by atoms with van der Waals surface area (Å²) in [4.78, 5) is 0.285. The standard InChI is InChI=1S/C6H13BrO/c1-3-4-6(7)5(2)8/h5-6,8H,3-4H2,1-2H3. The van der Waals surface area contributed by atoms with Gasteiger partial charge in [-0.3, -0.25) is 0 Å². The van der Waals surface area contributed by atoms with E-state index >= 15 is 0 Å². The number of hydrogen-bond acceptors (Lipinski definition) is 1. The molecule has 0 heterocycles. The Balaban J connectivity index is 3.17. The molecule has 2 heteroatoms. The minimum absolute atomic E-state index is 0.213. The first kappa shape index (κ1) is 8.44. The lowest BCUT2D eigenvalue weighted by molar-refractivity contribution is 0.189. The van der Waals surface area contributed by atoms with Gasteiger partial charge in [0, 0.05) is 4.83 Å². The molecule has 0 saturated heterocycles. The van der Waals surface area contributed by atoms with Crippen molar-refractivity contribution >= 4 is 15.9 Å². The molecule has 2 unspecified atom stereocenters. The van der Waals surface area contributed by atoms with Crippen molar-refractivity contribution in [2.24, 2.45) is 0 Å².